The smallest absolute Gasteiger partial charge is 0.307 e. The highest BCUT2D eigenvalue weighted by Gasteiger charge is 2.26. The summed E-state index contributed by atoms with van der Waals surface area (Å²) in [5.41, 5.74) is 2.34. The highest BCUT2D eigenvalue weighted by molar-refractivity contribution is 7.90. The molecule has 0 atom stereocenters. The molecule has 0 amide bonds. The van der Waals surface area contributed by atoms with Crippen molar-refractivity contribution in [1.29, 1.82) is 0 Å². The predicted molar refractivity (Wildman–Crippen MR) is 117 cm³/mol. The summed E-state index contributed by atoms with van der Waals surface area (Å²) in [6, 6.07) is 19.4. The Labute approximate surface area is 178 Å². The van der Waals surface area contributed by atoms with Crippen LogP contribution >= 0.6 is 0 Å². The Morgan fingerprint density at radius 3 is 2.29 bits per heavy atom. The molecule has 0 unspecified atom stereocenters. The Balaban J connectivity index is 1.78. The van der Waals surface area contributed by atoms with Crippen molar-refractivity contribution >= 4 is 38.3 Å². The zero-order chi connectivity index (χ0) is 22.2. The van der Waals surface area contributed by atoms with E-state index >= 15 is 0 Å². The average molecular weight is 438 g/mol. The molecule has 31 heavy (non-hydrogen) atoms. The van der Waals surface area contributed by atoms with E-state index in [2.05, 4.69) is 5.32 Å². The van der Waals surface area contributed by atoms with Crippen molar-refractivity contribution in [3.05, 3.63) is 89.9 Å². The first kappa shape index (κ1) is 20.6. The van der Waals surface area contributed by atoms with E-state index in [-0.39, 0.29) is 27.1 Å². The highest BCUT2D eigenvalue weighted by Crippen LogP contribution is 2.31. The maximum Gasteiger partial charge on any atom is 0.307 e. The molecule has 0 aliphatic rings. The van der Waals surface area contributed by atoms with Gasteiger partial charge in [0.05, 0.1) is 16.8 Å². The molecule has 0 radical (unpaired) electrons. The number of hydrogen-bond acceptors (Lipinski definition) is 4. The number of anilines is 2. The first-order valence-corrected chi connectivity index (χ1v) is 10.9. The lowest BCUT2D eigenvalue weighted by Crippen LogP contribution is -2.15. The van der Waals surface area contributed by atoms with Crippen molar-refractivity contribution in [1.82, 2.24) is 3.97 Å². The van der Waals surface area contributed by atoms with E-state index in [1.165, 1.54) is 31.2 Å². The summed E-state index contributed by atoms with van der Waals surface area (Å²) in [6.45, 7) is 1.53. The van der Waals surface area contributed by atoms with Crippen LogP contribution in [-0.2, 0) is 21.2 Å². The minimum atomic E-state index is -4.04. The Bertz CT molecular complexity index is 1380. The predicted octanol–water partition coefficient (Wildman–Crippen LogP) is 4.70. The highest BCUT2D eigenvalue weighted by atomic mass is 32.2. The summed E-state index contributed by atoms with van der Waals surface area (Å²) in [6.07, 6.45) is -0.408. The van der Waals surface area contributed by atoms with E-state index in [1.54, 1.807) is 12.1 Å². The molecule has 1 heterocycles. The number of carboxylic acid groups (broad SMARTS) is 1. The lowest BCUT2D eigenvalue weighted by Gasteiger charge is -2.12. The van der Waals surface area contributed by atoms with Gasteiger partial charge in [-0.05, 0) is 67.1 Å². The van der Waals surface area contributed by atoms with Gasteiger partial charge in [-0.3, -0.25) is 4.79 Å². The lowest BCUT2D eigenvalue weighted by molar-refractivity contribution is -0.136. The van der Waals surface area contributed by atoms with Crippen molar-refractivity contribution < 1.29 is 22.7 Å². The van der Waals surface area contributed by atoms with Gasteiger partial charge in [0.1, 0.15) is 5.82 Å². The monoisotopic (exact) mass is 438 g/mol. The van der Waals surface area contributed by atoms with Crippen LogP contribution < -0.4 is 5.32 Å². The van der Waals surface area contributed by atoms with Gasteiger partial charge in [-0.2, -0.15) is 0 Å². The SMILES string of the molecule is Cc1c(CC(=O)O)c2cc(F)ccc2n1S(=O)(=O)c1ccc(Nc2ccccc2)cc1. The Kier molecular flexibility index (Phi) is 5.24. The third-order valence-corrected chi connectivity index (χ3v) is 6.85. The van der Waals surface area contributed by atoms with E-state index in [1.807, 2.05) is 30.3 Å². The molecule has 158 valence electrons. The molecule has 0 saturated carbocycles. The van der Waals surface area contributed by atoms with Crippen LogP contribution in [0.4, 0.5) is 15.8 Å². The quantitative estimate of drug-likeness (QED) is 0.456. The largest absolute Gasteiger partial charge is 0.481 e. The number of halogens is 1. The number of benzene rings is 3. The molecular weight excluding hydrogens is 419 g/mol. The molecule has 0 spiro atoms. The first-order chi connectivity index (χ1) is 14.8. The third kappa shape index (κ3) is 3.89. The summed E-state index contributed by atoms with van der Waals surface area (Å²) in [7, 11) is -4.04. The molecule has 0 bridgehead atoms. The van der Waals surface area contributed by atoms with E-state index < -0.39 is 28.2 Å². The normalized spacial score (nSPS) is 11.5. The maximum atomic E-state index is 13.8. The van der Waals surface area contributed by atoms with E-state index in [4.69, 9.17) is 0 Å². The van der Waals surface area contributed by atoms with E-state index in [0.717, 1.165) is 15.7 Å². The molecule has 3 aromatic carbocycles. The minimum Gasteiger partial charge on any atom is -0.481 e. The Morgan fingerprint density at radius 2 is 1.65 bits per heavy atom. The van der Waals surface area contributed by atoms with Gasteiger partial charge in [-0.15, -0.1) is 0 Å². The van der Waals surface area contributed by atoms with Gasteiger partial charge in [0.15, 0.2) is 0 Å². The third-order valence-electron chi connectivity index (χ3n) is 5.03. The average Bonchev–Trinajstić information content (AvgIpc) is 3.00. The standard InChI is InChI=1S/C23H19FN2O4S/c1-15-20(14-23(27)28)21-13-16(24)7-12-22(21)26(15)31(29,30)19-10-8-18(9-11-19)25-17-5-3-2-4-6-17/h2-13,25H,14H2,1H3,(H,27,28). The zero-order valence-electron chi connectivity index (χ0n) is 16.5. The van der Waals surface area contributed by atoms with Crippen LogP contribution in [0.5, 0.6) is 0 Å². The lowest BCUT2D eigenvalue weighted by atomic mass is 10.1. The number of nitrogens with one attached hydrogen (secondary N) is 1. The molecule has 0 fully saturated rings. The van der Waals surface area contributed by atoms with Crippen molar-refractivity contribution in [2.24, 2.45) is 0 Å². The fourth-order valence-corrected chi connectivity index (χ4v) is 5.19. The number of para-hydroxylation sites is 1. The fourth-order valence-electron chi connectivity index (χ4n) is 3.61. The Hall–Kier alpha value is -3.65. The van der Waals surface area contributed by atoms with Gasteiger partial charge in [0.25, 0.3) is 10.0 Å². The second kappa shape index (κ2) is 7.88. The molecule has 6 nitrogen and oxygen atoms in total. The summed E-state index contributed by atoms with van der Waals surface area (Å²) in [4.78, 5) is 11.3. The number of aromatic nitrogens is 1. The molecule has 0 aliphatic carbocycles. The van der Waals surface area contributed by atoms with Crippen LogP contribution in [0.15, 0.2) is 77.7 Å². The van der Waals surface area contributed by atoms with Crippen LogP contribution in [0, 0.1) is 12.7 Å². The molecule has 1 aromatic heterocycles. The maximum absolute atomic E-state index is 13.8. The number of carbonyl (C=O) groups is 1. The first-order valence-electron chi connectivity index (χ1n) is 9.46. The molecular formula is C23H19FN2O4S. The molecule has 0 aliphatic heterocycles. The van der Waals surface area contributed by atoms with Crippen molar-refractivity contribution in [2.75, 3.05) is 5.32 Å². The number of rotatable bonds is 6. The summed E-state index contributed by atoms with van der Waals surface area (Å²) in [5, 5.41) is 12.7. The van der Waals surface area contributed by atoms with Gasteiger partial charge in [0, 0.05) is 22.5 Å². The summed E-state index contributed by atoms with van der Waals surface area (Å²) < 4.78 is 41.8. The van der Waals surface area contributed by atoms with Crippen LogP contribution in [0.2, 0.25) is 0 Å². The van der Waals surface area contributed by atoms with Gasteiger partial charge in [-0.25, -0.2) is 16.8 Å². The van der Waals surface area contributed by atoms with E-state index in [9.17, 15) is 22.7 Å². The molecule has 2 N–H and O–H groups in total. The number of fused-ring (bicyclic) bond motifs is 1. The van der Waals surface area contributed by atoms with Gasteiger partial charge in [-0.1, -0.05) is 18.2 Å². The van der Waals surface area contributed by atoms with Gasteiger partial charge in [0.2, 0.25) is 0 Å². The number of nitrogens with zero attached hydrogens (tertiary/aromatic N) is 1. The molecule has 8 heteroatoms. The molecule has 4 aromatic rings. The van der Waals surface area contributed by atoms with Gasteiger partial charge < -0.3 is 10.4 Å². The van der Waals surface area contributed by atoms with Crippen LogP contribution in [0.3, 0.4) is 0 Å². The van der Waals surface area contributed by atoms with Crippen molar-refractivity contribution in [2.45, 2.75) is 18.2 Å². The van der Waals surface area contributed by atoms with Crippen LogP contribution in [0.1, 0.15) is 11.3 Å². The topological polar surface area (TPSA) is 88.4 Å². The van der Waals surface area contributed by atoms with E-state index in [0.29, 0.717) is 5.69 Å². The fraction of sp³-hybridized carbons (Fsp3) is 0.0870. The molecule has 0 saturated heterocycles. The summed E-state index contributed by atoms with van der Waals surface area (Å²) >= 11 is 0. The van der Waals surface area contributed by atoms with Crippen LogP contribution in [-0.4, -0.2) is 23.5 Å². The Morgan fingerprint density at radius 1 is 1.00 bits per heavy atom. The number of hydrogen-bond donors (Lipinski definition) is 2. The second-order valence-electron chi connectivity index (χ2n) is 7.08. The number of carboxylic acids is 1. The second-order valence-corrected chi connectivity index (χ2v) is 8.87. The molecule has 4 rings (SSSR count). The summed E-state index contributed by atoms with van der Waals surface area (Å²) in [5.74, 6) is -1.69. The minimum absolute atomic E-state index is 0.0392. The number of aliphatic carboxylic acids is 1. The van der Waals surface area contributed by atoms with Crippen molar-refractivity contribution in [3.8, 4) is 0 Å². The zero-order valence-corrected chi connectivity index (χ0v) is 17.4. The van der Waals surface area contributed by atoms with Crippen molar-refractivity contribution in [3.63, 3.8) is 0 Å². The van der Waals surface area contributed by atoms with Gasteiger partial charge >= 0.3 is 5.97 Å². The van der Waals surface area contributed by atoms with Crippen LogP contribution in [0.25, 0.3) is 10.9 Å².